The van der Waals surface area contributed by atoms with Crippen LogP contribution in [0.2, 0.25) is 0 Å². The van der Waals surface area contributed by atoms with E-state index in [-0.39, 0.29) is 5.88 Å². The number of rotatable bonds is 1. The van der Waals surface area contributed by atoms with E-state index in [0.29, 0.717) is 0 Å². The third-order valence-electron chi connectivity index (χ3n) is 1.74. The minimum absolute atomic E-state index is 0.140. The first-order valence-corrected chi connectivity index (χ1v) is 4.84. The van der Waals surface area contributed by atoms with E-state index in [1.807, 2.05) is 0 Å². The molecule has 6 heteroatoms. The SMILES string of the molecule is O[C@H]1[C@H](Cl)[C@H](Cl)[C@H](CCl)O[C@@H]1O. The van der Waals surface area contributed by atoms with Gasteiger partial charge in [0.1, 0.15) is 6.10 Å². The van der Waals surface area contributed by atoms with Crippen molar-refractivity contribution in [3.63, 3.8) is 0 Å². The molecule has 1 heterocycles. The summed E-state index contributed by atoms with van der Waals surface area (Å²) >= 11 is 17.0. The Morgan fingerprint density at radius 3 is 2.25 bits per heavy atom. The van der Waals surface area contributed by atoms with Gasteiger partial charge in [0.25, 0.3) is 0 Å². The summed E-state index contributed by atoms with van der Waals surface area (Å²) in [7, 11) is 0. The van der Waals surface area contributed by atoms with Crippen LogP contribution in [0.4, 0.5) is 0 Å². The van der Waals surface area contributed by atoms with Gasteiger partial charge >= 0.3 is 0 Å². The summed E-state index contributed by atoms with van der Waals surface area (Å²) in [6.07, 6.45) is -2.98. The van der Waals surface area contributed by atoms with Crippen LogP contribution in [0.5, 0.6) is 0 Å². The minimum atomic E-state index is -1.30. The van der Waals surface area contributed by atoms with Gasteiger partial charge in [-0.1, -0.05) is 0 Å². The molecule has 3 nitrogen and oxygen atoms in total. The van der Waals surface area contributed by atoms with E-state index in [4.69, 9.17) is 44.6 Å². The van der Waals surface area contributed by atoms with Crippen molar-refractivity contribution in [2.45, 2.75) is 29.3 Å². The zero-order valence-electron chi connectivity index (χ0n) is 6.03. The second kappa shape index (κ2) is 4.31. The van der Waals surface area contributed by atoms with Gasteiger partial charge in [-0.05, 0) is 0 Å². The van der Waals surface area contributed by atoms with E-state index >= 15 is 0 Å². The second-order valence-electron chi connectivity index (χ2n) is 2.60. The zero-order valence-corrected chi connectivity index (χ0v) is 8.30. The van der Waals surface area contributed by atoms with Gasteiger partial charge < -0.3 is 14.9 Å². The molecule has 2 N–H and O–H groups in total. The fourth-order valence-electron chi connectivity index (χ4n) is 1.01. The van der Waals surface area contributed by atoms with Gasteiger partial charge in [0.2, 0.25) is 0 Å². The van der Waals surface area contributed by atoms with Gasteiger partial charge in [0.05, 0.1) is 22.7 Å². The third-order valence-corrected chi connectivity index (χ3v) is 3.26. The summed E-state index contributed by atoms with van der Waals surface area (Å²) in [4.78, 5) is 0. The lowest BCUT2D eigenvalue weighted by Crippen LogP contribution is -2.53. The number of hydrogen-bond acceptors (Lipinski definition) is 3. The molecule has 1 aliphatic rings. The molecule has 0 bridgehead atoms. The highest BCUT2D eigenvalue weighted by molar-refractivity contribution is 6.31. The van der Waals surface area contributed by atoms with E-state index in [1.54, 1.807) is 0 Å². The van der Waals surface area contributed by atoms with Gasteiger partial charge in [-0.25, -0.2) is 0 Å². The highest BCUT2D eigenvalue weighted by Gasteiger charge is 2.42. The molecule has 0 aromatic heterocycles. The lowest BCUT2D eigenvalue weighted by molar-refractivity contribution is -0.206. The molecule has 0 unspecified atom stereocenters. The van der Waals surface area contributed by atoms with Crippen LogP contribution in [-0.2, 0) is 4.74 Å². The fraction of sp³-hybridized carbons (Fsp3) is 1.00. The zero-order chi connectivity index (χ0) is 9.30. The maximum absolute atomic E-state index is 9.20. The number of halogens is 3. The number of alkyl halides is 3. The Labute approximate surface area is 85.2 Å². The molecule has 1 aliphatic heterocycles. The molecule has 0 spiro atoms. The Balaban J connectivity index is 2.63. The third kappa shape index (κ3) is 1.97. The average molecular weight is 235 g/mol. The Kier molecular flexibility index (Phi) is 3.89. The lowest BCUT2D eigenvalue weighted by atomic mass is 10.1. The Bertz CT molecular complexity index is 152. The summed E-state index contributed by atoms with van der Waals surface area (Å²) in [5.74, 6) is 0.140. The van der Waals surface area contributed by atoms with Crippen molar-refractivity contribution in [2.75, 3.05) is 5.88 Å². The van der Waals surface area contributed by atoms with Crippen LogP contribution < -0.4 is 0 Å². The van der Waals surface area contributed by atoms with Crippen molar-refractivity contribution in [3.05, 3.63) is 0 Å². The van der Waals surface area contributed by atoms with Crippen LogP contribution in [0.3, 0.4) is 0 Å². The Morgan fingerprint density at radius 2 is 1.75 bits per heavy atom. The number of aliphatic hydroxyl groups is 2. The molecular formula is C6H9Cl3O3. The first kappa shape index (κ1) is 10.8. The molecule has 0 aromatic carbocycles. The normalized spacial score (nSPS) is 49.2. The van der Waals surface area contributed by atoms with Crippen molar-refractivity contribution >= 4 is 34.8 Å². The van der Waals surface area contributed by atoms with Gasteiger partial charge in [0, 0.05) is 0 Å². The van der Waals surface area contributed by atoms with Crippen LogP contribution >= 0.6 is 34.8 Å². The fourth-order valence-corrected chi connectivity index (χ4v) is 1.95. The molecule has 1 fully saturated rings. The minimum Gasteiger partial charge on any atom is -0.386 e. The topological polar surface area (TPSA) is 49.7 Å². The van der Waals surface area contributed by atoms with Crippen molar-refractivity contribution in [1.29, 1.82) is 0 Å². The smallest absolute Gasteiger partial charge is 0.182 e. The summed E-state index contributed by atoms with van der Waals surface area (Å²) < 4.78 is 4.89. The van der Waals surface area contributed by atoms with E-state index in [0.717, 1.165) is 0 Å². The van der Waals surface area contributed by atoms with Crippen molar-refractivity contribution in [3.8, 4) is 0 Å². The van der Waals surface area contributed by atoms with Gasteiger partial charge in [-0.2, -0.15) is 0 Å². The van der Waals surface area contributed by atoms with Crippen LogP contribution in [0, 0.1) is 0 Å². The molecule has 1 rings (SSSR count). The summed E-state index contributed by atoms with van der Waals surface area (Å²) in [6.45, 7) is 0. The summed E-state index contributed by atoms with van der Waals surface area (Å²) in [6, 6.07) is 0. The van der Waals surface area contributed by atoms with E-state index < -0.39 is 29.3 Å². The van der Waals surface area contributed by atoms with Crippen molar-refractivity contribution in [2.24, 2.45) is 0 Å². The molecule has 5 atom stereocenters. The molecule has 0 aromatic rings. The number of hydrogen-bond donors (Lipinski definition) is 2. The maximum atomic E-state index is 9.20. The predicted octanol–water partition coefficient (Wildman–Crippen LogP) is 0.518. The molecule has 12 heavy (non-hydrogen) atoms. The van der Waals surface area contributed by atoms with Crippen molar-refractivity contribution in [1.82, 2.24) is 0 Å². The highest BCUT2D eigenvalue weighted by Crippen LogP contribution is 2.28. The van der Waals surface area contributed by atoms with Gasteiger partial charge in [-0.15, -0.1) is 34.8 Å². The summed E-state index contributed by atoms with van der Waals surface area (Å²) in [5.41, 5.74) is 0. The number of ether oxygens (including phenoxy) is 1. The summed E-state index contributed by atoms with van der Waals surface area (Å²) in [5, 5.41) is 17.0. The predicted molar refractivity (Wildman–Crippen MR) is 46.9 cm³/mol. The van der Waals surface area contributed by atoms with E-state index in [1.165, 1.54) is 0 Å². The first-order valence-electron chi connectivity index (χ1n) is 3.43. The second-order valence-corrected chi connectivity index (χ2v) is 3.92. The van der Waals surface area contributed by atoms with E-state index in [2.05, 4.69) is 0 Å². The molecule has 1 saturated heterocycles. The maximum Gasteiger partial charge on any atom is 0.182 e. The van der Waals surface area contributed by atoms with Crippen LogP contribution in [0.1, 0.15) is 0 Å². The van der Waals surface area contributed by atoms with Crippen LogP contribution in [0.15, 0.2) is 0 Å². The molecule has 0 amide bonds. The molecule has 0 aliphatic carbocycles. The lowest BCUT2D eigenvalue weighted by Gasteiger charge is -2.36. The van der Waals surface area contributed by atoms with Crippen LogP contribution in [0.25, 0.3) is 0 Å². The Hall–Kier alpha value is 0.750. The van der Waals surface area contributed by atoms with Gasteiger partial charge in [-0.3, -0.25) is 0 Å². The quantitative estimate of drug-likeness (QED) is 0.652. The van der Waals surface area contributed by atoms with E-state index in [9.17, 15) is 5.11 Å². The highest BCUT2D eigenvalue weighted by atomic mass is 35.5. The standard InChI is InChI=1S/C6H9Cl3O3/c7-1-2-3(8)4(9)5(10)6(11)12-2/h2-6,10-11H,1H2/t2-,3+,4+,5-,6-/m0/s1. The number of aliphatic hydroxyl groups excluding tert-OH is 2. The average Bonchev–Trinajstić information content (AvgIpc) is 2.08. The molecule has 0 saturated carbocycles. The molecule has 72 valence electrons. The van der Waals surface area contributed by atoms with Crippen molar-refractivity contribution < 1.29 is 14.9 Å². The monoisotopic (exact) mass is 234 g/mol. The molecule has 0 radical (unpaired) electrons. The first-order chi connectivity index (χ1) is 5.57. The largest absolute Gasteiger partial charge is 0.386 e. The Morgan fingerprint density at radius 1 is 1.17 bits per heavy atom. The molecular weight excluding hydrogens is 226 g/mol. The van der Waals surface area contributed by atoms with Gasteiger partial charge in [0.15, 0.2) is 6.29 Å². The van der Waals surface area contributed by atoms with Crippen LogP contribution in [-0.4, -0.2) is 45.3 Å².